The number of carbonyl (C=O) groups excluding carboxylic acids is 1. The zero-order valence-corrected chi connectivity index (χ0v) is 13.9. The maximum absolute atomic E-state index is 12.4. The molecule has 122 valence electrons. The molecule has 23 heavy (non-hydrogen) atoms. The van der Waals surface area contributed by atoms with Gasteiger partial charge in [0.25, 0.3) is 5.91 Å². The molecule has 0 fully saturated rings. The first-order valence-corrected chi connectivity index (χ1v) is 8.10. The van der Waals surface area contributed by atoms with Crippen molar-refractivity contribution < 1.29 is 9.53 Å². The number of aromatic nitrogens is 2. The van der Waals surface area contributed by atoms with Crippen molar-refractivity contribution in [2.75, 3.05) is 7.11 Å². The Labute approximate surface area is 136 Å². The van der Waals surface area contributed by atoms with Crippen LogP contribution in [0, 0.1) is 6.92 Å². The van der Waals surface area contributed by atoms with Crippen LogP contribution < -0.4 is 10.1 Å². The second-order valence-corrected chi connectivity index (χ2v) is 6.12. The van der Waals surface area contributed by atoms with Crippen LogP contribution >= 0.6 is 0 Å². The number of aryl methyl sites for hydroxylation is 3. The molecule has 0 bridgehead atoms. The first-order chi connectivity index (χ1) is 11.1. The molecule has 1 N–H and O–H groups in total. The molecule has 1 aromatic heterocycles. The van der Waals surface area contributed by atoms with Gasteiger partial charge >= 0.3 is 0 Å². The van der Waals surface area contributed by atoms with E-state index in [1.54, 1.807) is 7.11 Å². The number of imidazole rings is 1. The van der Waals surface area contributed by atoms with E-state index in [2.05, 4.69) is 14.9 Å². The van der Waals surface area contributed by atoms with E-state index >= 15 is 0 Å². The van der Waals surface area contributed by atoms with E-state index < -0.39 is 0 Å². The minimum atomic E-state index is -0.118. The number of fused-ring (bicyclic) bond motifs is 1. The lowest BCUT2D eigenvalue weighted by molar-refractivity contribution is 0.0935. The second kappa shape index (κ2) is 6.44. The molecule has 1 aliphatic rings. The van der Waals surface area contributed by atoms with E-state index in [0.29, 0.717) is 5.69 Å². The van der Waals surface area contributed by atoms with Crippen LogP contribution in [-0.2, 0) is 13.0 Å². The molecule has 3 rings (SSSR count). The lowest BCUT2D eigenvalue weighted by Crippen LogP contribution is -2.27. The number of hydrogen-bond donors (Lipinski definition) is 1. The smallest absolute Gasteiger partial charge is 0.271 e. The monoisotopic (exact) mass is 313 g/mol. The van der Waals surface area contributed by atoms with Gasteiger partial charge in [-0.05, 0) is 43.9 Å². The molecule has 2 heterocycles. The van der Waals surface area contributed by atoms with Crippen LogP contribution in [-0.4, -0.2) is 22.6 Å². The predicted octanol–water partition coefficient (Wildman–Crippen LogP) is 3.03. The topological polar surface area (TPSA) is 56.1 Å². The number of amides is 1. The summed E-state index contributed by atoms with van der Waals surface area (Å²) in [6.45, 7) is 4.94. The van der Waals surface area contributed by atoms with Gasteiger partial charge in [0, 0.05) is 19.2 Å². The van der Waals surface area contributed by atoms with Gasteiger partial charge in [0.2, 0.25) is 0 Å². The molecule has 0 saturated carbocycles. The van der Waals surface area contributed by atoms with Gasteiger partial charge < -0.3 is 14.6 Å². The Hall–Kier alpha value is -2.30. The quantitative estimate of drug-likeness (QED) is 0.944. The van der Waals surface area contributed by atoms with E-state index in [4.69, 9.17) is 4.74 Å². The van der Waals surface area contributed by atoms with Gasteiger partial charge in [-0.25, -0.2) is 4.98 Å². The maximum atomic E-state index is 12.4. The van der Waals surface area contributed by atoms with Crippen molar-refractivity contribution in [2.24, 2.45) is 0 Å². The number of benzene rings is 1. The Balaban J connectivity index is 1.72. The van der Waals surface area contributed by atoms with E-state index in [9.17, 15) is 4.79 Å². The summed E-state index contributed by atoms with van der Waals surface area (Å²) in [5.41, 5.74) is 2.63. The Morgan fingerprint density at radius 3 is 2.91 bits per heavy atom. The van der Waals surface area contributed by atoms with Crippen LogP contribution in [0.2, 0.25) is 0 Å². The highest BCUT2D eigenvalue weighted by atomic mass is 16.5. The molecule has 0 unspecified atom stereocenters. The number of methoxy groups -OCH3 is 1. The summed E-state index contributed by atoms with van der Waals surface area (Å²) in [6.07, 6.45) is 5.14. The third-order valence-electron chi connectivity index (χ3n) is 4.41. The molecular formula is C18H23N3O2. The first kappa shape index (κ1) is 15.6. The average Bonchev–Trinajstić information content (AvgIpc) is 2.99. The maximum Gasteiger partial charge on any atom is 0.271 e. The molecule has 0 aliphatic carbocycles. The van der Waals surface area contributed by atoms with Crippen LogP contribution in [0.1, 0.15) is 53.2 Å². The minimum Gasteiger partial charge on any atom is -0.496 e. The number of nitrogens with one attached hydrogen (secondary N) is 1. The standard InChI is InChI=1S/C18H23N3O2/c1-12-10-14(7-8-16(12)23-3)13(2)19-18(22)15-11-21-9-5-4-6-17(21)20-15/h7-8,10-11,13H,4-6,9H2,1-3H3,(H,19,22)/t13-/m0/s1. The van der Waals surface area contributed by atoms with E-state index in [-0.39, 0.29) is 11.9 Å². The fourth-order valence-electron chi connectivity index (χ4n) is 3.05. The number of hydrogen-bond acceptors (Lipinski definition) is 3. The van der Waals surface area contributed by atoms with Crippen LogP contribution in [0.5, 0.6) is 5.75 Å². The Bertz CT molecular complexity index is 698. The molecule has 1 amide bonds. The van der Waals surface area contributed by atoms with E-state index in [0.717, 1.165) is 48.5 Å². The fourth-order valence-corrected chi connectivity index (χ4v) is 3.05. The molecule has 5 heteroatoms. The summed E-state index contributed by atoms with van der Waals surface area (Å²) in [4.78, 5) is 16.9. The summed E-state index contributed by atoms with van der Waals surface area (Å²) in [6, 6.07) is 5.88. The third-order valence-corrected chi connectivity index (χ3v) is 4.41. The van der Waals surface area contributed by atoms with E-state index in [1.807, 2.05) is 38.2 Å². The molecular weight excluding hydrogens is 290 g/mol. The van der Waals surface area contributed by atoms with E-state index in [1.165, 1.54) is 0 Å². The summed E-state index contributed by atoms with van der Waals surface area (Å²) in [5, 5.41) is 3.03. The van der Waals surface area contributed by atoms with Gasteiger partial charge in [0.05, 0.1) is 13.2 Å². The normalized spacial score (nSPS) is 14.9. The number of ether oxygens (including phenoxy) is 1. The summed E-state index contributed by atoms with van der Waals surface area (Å²) < 4.78 is 7.37. The van der Waals surface area contributed by atoms with Gasteiger partial charge in [0.1, 0.15) is 17.3 Å². The minimum absolute atomic E-state index is 0.0779. The summed E-state index contributed by atoms with van der Waals surface area (Å²) in [5.74, 6) is 1.76. The lowest BCUT2D eigenvalue weighted by Gasteiger charge is -2.15. The summed E-state index contributed by atoms with van der Waals surface area (Å²) >= 11 is 0. The first-order valence-electron chi connectivity index (χ1n) is 8.10. The van der Waals surface area contributed by atoms with Crippen molar-refractivity contribution in [3.05, 3.63) is 47.0 Å². The highest BCUT2D eigenvalue weighted by Gasteiger charge is 2.18. The van der Waals surface area contributed by atoms with Crippen LogP contribution in [0.3, 0.4) is 0 Å². The Morgan fingerprint density at radius 2 is 2.22 bits per heavy atom. The van der Waals surface area contributed by atoms with Crippen molar-refractivity contribution in [2.45, 2.75) is 45.7 Å². The average molecular weight is 313 g/mol. The number of nitrogens with zero attached hydrogens (tertiary/aromatic N) is 2. The molecule has 0 spiro atoms. The molecule has 1 aliphatic heterocycles. The lowest BCUT2D eigenvalue weighted by atomic mass is 10.0. The molecule has 5 nitrogen and oxygen atoms in total. The Morgan fingerprint density at radius 1 is 1.39 bits per heavy atom. The molecule has 1 aromatic carbocycles. The molecule has 2 aromatic rings. The van der Waals surface area contributed by atoms with Gasteiger partial charge in [-0.2, -0.15) is 0 Å². The summed E-state index contributed by atoms with van der Waals surface area (Å²) in [7, 11) is 1.66. The van der Waals surface area contributed by atoms with Gasteiger partial charge in [-0.1, -0.05) is 12.1 Å². The molecule has 1 atom stereocenters. The highest BCUT2D eigenvalue weighted by Crippen LogP contribution is 2.22. The van der Waals surface area contributed by atoms with Crippen LogP contribution in [0.15, 0.2) is 24.4 Å². The van der Waals surface area contributed by atoms with Crippen molar-refractivity contribution >= 4 is 5.91 Å². The SMILES string of the molecule is COc1ccc([C@H](C)NC(=O)c2cn3c(n2)CCCC3)cc1C. The van der Waals surface area contributed by atoms with Crippen LogP contribution in [0.25, 0.3) is 0 Å². The molecule has 0 saturated heterocycles. The van der Waals surface area contributed by atoms with Gasteiger partial charge in [-0.15, -0.1) is 0 Å². The van der Waals surface area contributed by atoms with Crippen molar-refractivity contribution in [3.63, 3.8) is 0 Å². The second-order valence-electron chi connectivity index (χ2n) is 6.12. The zero-order valence-electron chi connectivity index (χ0n) is 13.9. The van der Waals surface area contributed by atoms with Crippen molar-refractivity contribution in [1.82, 2.24) is 14.9 Å². The Kier molecular flexibility index (Phi) is 4.37. The fraction of sp³-hybridized carbons (Fsp3) is 0.444. The largest absolute Gasteiger partial charge is 0.496 e. The molecule has 0 radical (unpaired) electrons. The van der Waals surface area contributed by atoms with Gasteiger partial charge in [-0.3, -0.25) is 4.79 Å². The highest BCUT2D eigenvalue weighted by molar-refractivity contribution is 5.92. The predicted molar refractivity (Wildman–Crippen MR) is 88.8 cm³/mol. The zero-order chi connectivity index (χ0) is 16.4. The van der Waals surface area contributed by atoms with Crippen molar-refractivity contribution in [1.29, 1.82) is 0 Å². The van der Waals surface area contributed by atoms with Gasteiger partial charge in [0.15, 0.2) is 0 Å². The van der Waals surface area contributed by atoms with Crippen LogP contribution in [0.4, 0.5) is 0 Å². The third kappa shape index (κ3) is 3.23. The number of rotatable bonds is 4. The van der Waals surface area contributed by atoms with Crippen molar-refractivity contribution in [3.8, 4) is 5.75 Å². The number of carbonyl (C=O) groups is 1.